The van der Waals surface area contributed by atoms with Crippen molar-refractivity contribution in [1.29, 1.82) is 0 Å². The number of nitrogens with two attached hydrogens (primary N) is 1. The molecule has 1 aliphatic rings. The Labute approximate surface area is 113 Å². The summed E-state index contributed by atoms with van der Waals surface area (Å²) in [5.41, 5.74) is 5.80. The number of rotatable bonds is 2. The largest absolute Gasteiger partial charge is 0.396 e. The monoisotopic (exact) mass is 264 g/mol. The van der Waals surface area contributed by atoms with E-state index in [0.717, 1.165) is 19.3 Å². The minimum absolute atomic E-state index is 0.0664. The number of nitrogens with one attached hydrogen (secondary N) is 1. The number of amides is 1. The summed E-state index contributed by atoms with van der Waals surface area (Å²) in [6, 6.07) is 4.37. The fraction of sp³-hybridized carbons (Fsp3) is 0.533. The van der Waals surface area contributed by atoms with Gasteiger partial charge in [-0.15, -0.1) is 0 Å². The third kappa shape index (κ3) is 3.25. The maximum atomic E-state index is 13.3. The zero-order valence-electron chi connectivity index (χ0n) is 11.4. The molecule has 19 heavy (non-hydrogen) atoms. The van der Waals surface area contributed by atoms with Crippen LogP contribution in [-0.2, 0) is 0 Å². The van der Waals surface area contributed by atoms with Crippen LogP contribution < -0.4 is 11.1 Å². The van der Waals surface area contributed by atoms with Gasteiger partial charge in [-0.05, 0) is 49.3 Å². The maximum absolute atomic E-state index is 13.3. The molecular formula is C15H21FN2O. The van der Waals surface area contributed by atoms with Gasteiger partial charge in [0.05, 0.1) is 5.69 Å². The summed E-state index contributed by atoms with van der Waals surface area (Å²) in [7, 11) is 0. The third-order valence-corrected chi connectivity index (χ3v) is 4.20. The molecule has 0 radical (unpaired) electrons. The second-order valence-electron chi connectivity index (χ2n) is 5.67. The standard InChI is InChI=1S/C15H21FN2O/c1-9-3-5-12(7-10(9)2)18-15(19)11-4-6-14(17)13(16)8-11/h4,6,8-10,12H,3,5,7,17H2,1-2H3,(H,18,19). The van der Waals surface area contributed by atoms with Crippen molar-refractivity contribution in [1.82, 2.24) is 5.32 Å². The van der Waals surface area contributed by atoms with Crippen LogP contribution in [0.15, 0.2) is 18.2 Å². The third-order valence-electron chi connectivity index (χ3n) is 4.20. The summed E-state index contributed by atoms with van der Waals surface area (Å²) < 4.78 is 13.3. The molecule has 1 aliphatic carbocycles. The number of hydrogen-bond donors (Lipinski definition) is 2. The van der Waals surface area contributed by atoms with Gasteiger partial charge in [-0.2, -0.15) is 0 Å². The van der Waals surface area contributed by atoms with Gasteiger partial charge in [-0.1, -0.05) is 13.8 Å². The maximum Gasteiger partial charge on any atom is 0.251 e. The Kier molecular flexibility index (Phi) is 4.08. The first-order valence-electron chi connectivity index (χ1n) is 6.83. The minimum atomic E-state index is -0.543. The normalized spacial score (nSPS) is 27.0. The van der Waals surface area contributed by atoms with Gasteiger partial charge in [0.25, 0.3) is 5.91 Å². The summed E-state index contributed by atoms with van der Waals surface area (Å²) in [5.74, 6) is 0.563. The first-order chi connectivity index (χ1) is 8.97. The Balaban J connectivity index is 1.99. The van der Waals surface area contributed by atoms with E-state index in [2.05, 4.69) is 19.2 Å². The molecule has 0 saturated heterocycles. The molecule has 0 heterocycles. The average molecular weight is 264 g/mol. The molecule has 4 heteroatoms. The highest BCUT2D eigenvalue weighted by atomic mass is 19.1. The quantitative estimate of drug-likeness (QED) is 0.807. The number of halogens is 1. The van der Waals surface area contributed by atoms with Crippen molar-refractivity contribution in [3.05, 3.63) is 29.6 Å². The molecule has 1 aromatic carbocycles. The lowest BCUT2D eigenvalue weighted by atomic mass is 9.79. The topological polar surface area (TPSA) is 55.1 Å². The number of carbonyl (C=O) groups is 1. The smallest absolute Gasteiger partial charge is 0.251 e. The highest BCUT2D eigenvalue weighted by Gasteiger charge is 2.25. The zero-order valence-corrected chi connectivity index (χ0v) is 11.4. The van der Waals surface area contributed by atoms with Crippen molar-refractivity contribution < 1.29 is 9.18 Å². The molecule has 0 spiro atoms. The summed E-state index contributed by atoms with van der Waals surface area (Å²) in [6.45, 7) is 4.46. The summed E-state index contributed by atoms with van der Waals surface area (Å²) in [5, 5.41) is 2.99. The first kappa shape index (κ1) is 13.8. The molecule has 3 N–H and O–H groups in total. The van der Waals surface area contributed by atoms with E-state index < -0.39 is 5.82 Å². The lowest BCUT2D eigenvalue weighted by Gasteiger charge is -2.32. The molecule has 1 amide bonds. The van der Waals surface area contributed by atoms with Crippen LogP contribution in [0, 0.1) is 17.7 Å². The highest BCUT2D eigenvalue weighted by Crippen LogP contribution is 2.29. The molecule has 0 bridgehead atoms. The number of carbonyl (C=O) groups excluding carboxylic acids is 1. The van der Waals surface area contributed by atoms with E-state index in [0.29, 0.717) is 17.4 Å². The lowest BCUT2D eigenvalue weighted by Crippen LogP contribution is -2.39. The molecule has 2 rings (SSSR count). The van der Waals surface area contributed by atoms with Crippen molar-refractivity contribution in [2.45, 2.75) is 39.2 Å². The predicted molar refractivity (Wildman–Crippen MR) is 74.2 cm³/mol. The molecule has 3 atom stereocenters. The molecule has 0 aliphatic heterocycles. The van der Waals surface area contributed by atoms with Gasteiger partial charge in [-0.25, -0.2) is 4.39 Å². The molecule has 3 nitrogen and oxygen atoms in total. The lowest BCUT2D eigenvalue weighted by molar-refractivity contribution is 0.0910. The van der Waals surface area contributed by atoms with Crippen LogP contribution in [0.5, 0.6) is 0 Å². The SMILES string of the molecule is CC1CCC(NC(=O)c2ccc(N)c(F)c2)CC1C. The number of benzene rings is 1. The second-order valence-corrected chi connectivity index (χ2v) is 5.67. The number of nitrogen functional groups attached to an aromatic ring is 1. The van der Waals surface area contributed by atoms with Gasteiger partial charge in [0.1, 0.15) is 5.82 Å². The Hall–Kier alpha value is -1.58. The molecule has 104 valence electrons. The second kappa shape index (κ2) is 5.59. The molecule has 0 aromatic heterocycles. The summed E-state index contributed by atoms with van der Waals surface area (Å²) >= 11 is 0. The van der Waals surface area contributed by atoms with E-state index in [9.17, 15) is 9.18 Å². The summed E-state index contributed by atoms with van der Waals surface area (Å²) in [6.07, 6.45) is 3.11. The Bertz CT molecular complexity index is 475. The number of hydrogen-bond acceptors (Lipinski definition) is 2. The molecule has 3 unspecified atom stereocenters. The molecule has 1 aromatic rings. The van der Waals surface area contributed by atoms with Crippen molar-refractivity contribution in [3.63, 3.8) is 0 Å². The van der Waals surface area contributed by atoms with Crippen LogP contribution in [0.2, 0.25) is 0 Å². The van der Waals surface area contributed by atoms with Crippen LogP contribution in [0.25, 0.3) is 0 Å². The minimum Gasteiger partial charge on any atom is -0.396 e. The van der Waals surface area contributed by atoms with Crippen molar-refractivity contribution >= 4 is 11.6 Å². The van der Waals surface area contributed by atoms with Gasteiger partial charge in [0.15, 0.2) is 0 Å². The van der Waals surface area contributed by atoms with Gasteiger partial charge >= 0.3 is 0 Å². The van der Waals surface area contributed by atoms with E-state index in [1.165, 1.54) is 12.1 Å². The van der Waals surface area contributed by atoms with Gasteiger partial charge in [0.2, 0.25) is 0 Å². The molecule has 1 saturated carbocycles. The highest BCUT2D eigenvalue weighted by molar-refractivity contribution is 5.94. The van der Waals surface area contributed by atoms with Crippen molar-refractivity contribution in [2.75, 3.05) is 5.73 Å². The van der Waals surface area contributed by atoms with Crippen LogP contribution in [0.3, 0.4) is 0 Å². The van der Waals surface area contributed by atoms with Crippen LogP contribution >= 0.6 is 0 Å². The van der Waals surface area contributed by atoms with Crippen molar-refractivity contribution in [2.24, 2.45) is 11.8 Å². The number of anilines is 1. The summed E-state index contributed by atoms with van der Waals surface area (Å²) in [4.78, 5) is 12.0. The van der Waals surface area contributed by atoms with E-state index >= 15 is 0 Å². The van der Waals surface area contributed by atoms with Crippen LogP contribution in [-0.4, -0.2) is 11.9 Å². The zero-order chi connectivity index (χ0) is 14.0. The molecule has 1 fully saturated rings. The Morgan fingerprint density at radius 2 is 2.05 bits per heavy atom. The van der Waals surface area contributed by atoms with Crippen LogP contribution in [0.4, 0.5) is 10.1 Å². The fourth-order valence-electron chi connectivity index (χ4n) is 2.62. The van der Waals surface area contributed by atoms with Gasteiger partial charge in [0, 0.05) is 11.6 Å². The van der Waals surface area contributed by atoms with Crippen molar-refractivity contribution in [3.8, 4) is 0 Å². The van der Waals surface area contributed by atoms with E-state index in [1.54, 1.807) is 6.07 Å². The Morgan fingerprint density at radius 1 is 1.32 bits per heavy atom. The van der Waals surface area contributed by atoms with Gasteiger partial charge in [-0.3, -0.25) is 4.79 Å². The fourth-order valence-corrected chi connectivity index (χ4v) is 2.62. The van der Waals surface area contributed by atoms with E-state index in [4.69, 9.17) is 5.73 Å². The van der Waals surface area contributed by atoms with E-state index in [-0.39, 0.29) is 17.6 Å². The molecular weight excluding hydrogens is 243 g/mol. The van der Waals surface area contributed by atoms with Gasteiger partial charge < -0.3 is 11.1 Å². The average Bonchev–Trinajstić information content (AvgIpc) is 2.37. The Morgan fingerprint density at radius 3 is 2.68 bits per heavy atom. The van der Waals surface area contributed by atoms with Crippen LogP contribution in [0.1, 0.15) is 43.5 Å². The predicted octanol–water partition coefficient (Wildman–Crippen LogP) is 2.96. The first-order valence-corrected chi connectivity index (χ1v) is 6.83. The van der Waals surface area contributed by atoms with E-state index in [1.807, 2.05) is 0 Å².